The van der Waals surface area contributed by atoms with Gasteiger partial charge in [-0.2, -0.15) is 0 Å². The molecule has 1 aliphatic heterocycles. The van der Waals surface area contributed by atoms with Crippen LogP contribution >= 0.6 is 11.6 Å². The zero-order chi connectivity index (χ0) is 12.3. The molecule has 17 heavy (non-hydrogen) atoms. The summed E-state index contributed by atoms with van der Waals surface area (Å²) < 4.78 is 5.14. The van der Waals surface area contributed by atoms with Crippen molar-refractivity contribution in [3.05, 3.63) is 34.9 Å². The molecule has 5 heteroatoms. The van der Waals surface area contributed by atoms with Crippen LogP contribution in [0.25, 0.3) is 0 Å². The predicted molar refractivity (Wildman–Crippen MR) is 63.7 cm³/mol. The van der Waals surface area contributed by atoms with Gasteiger partial charge in [0.15, 0.2) is 0 Å². The first-order valence-electron chi connectivity index (χ1n) is 5.47. The Morgan fingerprint density at radius 1 is 1.59 bits per heavy atom. The third-order valence-corrected chi connectivity index (χ3v) is 2.90. The molecule has 1 saturated heterocycles. The van der Waals surface area contributed by atoms with Gasteiger partial charge in [0, 0.05) is 18.0 Å². The zero-order valence-electron chi connectivity index (χ0n) is 9.23. The minimum absolute atomic E-state index is 0.202. The molecule has 0 bridgehead atoms. The number of halogens is 1. The van der Waals surface area contributed by atoms with Gasteiger partial charge >= 0.3 is 5.97 Å². The lowest BCUT2D eigenvalue weighted by Crippen LogP contribution is -2.32. The Labute approximate surface area is 105 Å². The molecule has 0 aliphatic carbocycles. The molecule has 0 radical (unpaired) electrons. The van der Waals surface area contributed by atoms with Gasteiger partial charge in [-0.15, -0.1) is 0 Å². The van der Waals surface area contributed by atoms with Gasteiger partial charge in [0.1, 0.15) is 12.6 Å². The topological polar surface area (TPSA) is 58.6 Å². The van der Waals surface area contributed by atoms with E-state index >= 15 is 0 Å². The van der Waals surface area contributed by atoms with E-state index in [2.05, 4.69) is 5.32 Å². The highest BCUT2D eigenvalue weighted by Crippen LogP contribution is 2.13. The second-order valence-electron chi connectivity index (χ2n) is 4.09. The van der Waals surface area contributed by atoms with Gasteiger partial charge < -0.3 is 15.2 Å². The lowest BCUT2D eigenvalue weighted by molar-refractivity contribution is -0.147. The molecule has 1 fully saturated rings. The first-order chi connectivity index (χ1) is 8.15. The van der Waals surface area contributed by atoms with E-state index in [0.717, 1.165) is 5.56 Å². The average Bonchev–Trinajstić information content (AvgIpc) is 2.73. The lowest BCUT2D eigenvalue weighted by atomic mass is 10.2. The summed E-state index contributed by atoms with van der Waals surface area (Å²) >= 11 is 5.82. The molecular weight excluding hydrogens is 242 g/mol. The number of aliphatic hydroxyl groups excluding tert-OH is 1. The number of esters is 1. The molecule has 0 spiro atoms. The normalized spacial score (nSPS) is 23.6. The van der Waals surface area contributed by atoms with E-state index in [0.29, 0.717) is 18.0 Å². The maximum Gasteiger partial charge on any atom is 0.323 e. The van der Waals surface area contributed by atoms with Gasteiger partial charge in [0.05, 0.1) is 6.10 Å². The number of rotatable bonds is 3. The summed E-state index contributed by atoms with van der Waals surface area (Å²) in [5.41, 5.74) is 0.851. The Kier molecular flexibility index (Phi) is 3.99. The molecule has 0 unspecified atom stereocenters. The van der Waals surface area contributed by atoms with Gasteiger partial charge in [0.25, 0.3) is 0 Å². The van der Waals surface area contributed by atoms with Crippen molar-refractivity contribution in [1.29, 1.82) is 0 Å². The van der Waals surface area contributed by atoms with Crippen LogP contribution < -0.4 is 5.32 Å². The summed E-state index contributed by atoms with van der Waals surface area (Å²) in [7, 11) is 0. The number of benzene rings is 1. The lowest BCUT2D eigenvalue weighted by Gasteiger charge is -2.10. The maximum atomic E-state index is 11.6. The molecule has 2 N–H and O–H groups in total. The van der Waals surface area contributed by atoms with Crippen LogP contribution in [0.15, 0.2) is 24.3 Å². The fraction of sp³-hybridized carbons (Fsp3) is 0.417. The molecule has 0 amide bonds. The molecule has 92 valence electrons. The summed E-state index contributed by atoms with van der Waals surface area (Å²) in [5.74, 6) is -0.332. The Bertz CT molecular complexity index is 410. The maximum absolute atomic E-state index is 11.6. The predicted octanol–water partition coefficient (Wildman–Crippen LogP) is 1.11. The number of hydrogen-bond acceptors (Lipinski definition) is 4. The van der Waals surface area contributed by atoms with Gasteiger partial charge in [-0.1, -0.05) is 23.7 Å². The van der Waals surface area contributed by atoms with E-state index in [9.17, 15) is 9.90 Å². The van der Waals surface area contributed by atoms with Crippen LogP contribution in [-0.4, -0.2) is 29.8 Å². The highest BCUT2D eigenvalue weighted by Gasteiger charge is 2.29. The largest absolute Gasteiger partial charge is 0.460 e. The summed E-state index contributed by atoms with van der Waals surface area (Å²) in [4.78, 5) is 11.6. The van der Waals surface area contributed by atoms with Crippen LogP contribution in [0.2, 0.25) is 5.02 Å². The van der Waals surface area contributed by atoms with Crippen molar-refractivity contribution in [2.24, 2.45) is 0 Å². The molecule has 2 atom stereocenters. The molecule has 0 saturated carbocycles. The first kappa shape index (κ1) is 12.4. The smallest absolute Gasteiger partial charge is 0.323 e. The number of hydrogen-bond donors (Lipinski definition) is 2. The average molecular weight is 256 g/mol. The van der Waals surface area contributed by atoms with Crippen LogP contribution in [0.5, 0.6) is 0 Å². The van der Waals surface area contributed by atoms with E-state index in [1.54, 1.807) is 12.1 Å². The second kappa shape index (κ2) is 5.49. The van der Waals surface area contributed by atoms with E-state index in [-0.39, 0.29) is 12.6 Å². The zero-order valence-corrected chi connectivity index (χ0v) is 9.98. The van der Waals surface area contributed by atoms with Crippen molar-refractivity contribution in [3.63, 3.8) is 0 Å². The summed E-state index contributed by atoms with van der Waals surface area (Å²) in [6.07, 6.45) is -0.0484. The number of nitrogens with one attached hydrogen (secondary N) is 1. The van der Waals surface area contributed by atoms with Crippen LogP contribution in [0.3, 0.4) is 0 Å². The third kappa shape index (κ3) is 3.43. The van der Waals surface area contributed by atoms with E-state index in [1.807, 2.05) is 12.1 Å². The monoisotopic (exact) mass is 255 g/mol. The van der Waals surface area contributed by atoms with Crippen molar-refractivity contribution < 1.29 is 14.6 Å². The number of carbonyl (C=O) groups is 1. The SMILES string of the molecule is O=C(OCc1cccc(Cl)c1)[C@@H]1C[C@@H](O)CN1. The standard InChI is InChI=1S/C12H14ClNO3/c13-9-3-1-2-8(4-9)7-17-12(16)11-5-10(15)6-14-11/h1-4,10-11,14-15H,5-7H2/t10-,11+/m1/s1. The molecule has 1 heterocycles. The Balaban J connectivity index is 1.84. The van der Waals surface area contributed by atoms with Gasteiger partial charge in [-0.25, -0.2) is 0 Å². The van der Waals surface area contributed by atoms with Crippen molar-refractivity contribution in [2.45, 2.75) is 25.2 Å². The Morgan fingerprint density at radius 3 is 3.06 bits per heavy atom. The molecule has 0 aromatic heterocycles. The highest BCUT2D eigenvalue weighted by atomic mass is 35.5. The van der Waals surface area contributed by atoms with Crippen LogP contribution in [-0.2, 0) is 16.1 Å². The fourth-order valence-electron chi connectivity index (χ4n) is 1.78. The summed E-state index contributed by atoms with van der Waals surface area (Å²) in [6, 6.07) is 6.77. The Morgan fingerprint density at radius 2 is 2.41 bits per heavy atom. The molecule has 4 nitrogen and oxygen atoms in total. The molecule has 1 aromatic rings. The second-order valence-corrected chi connectivity index (χ2v) is 4.52. The van der Waals surface area contributed by atoms with Crippen molar-refractivity contribution >= 4 is 17.6 Å². The minimum atomic E-state index is -0.460. The number of aliphatic hydroxyl groups is 1. The summed E-state index contributed by atoms with van der Waals surface area (Å²) in [6.45, 7) is 0.643. The quantitative estimate of drug-likeness (QED) is 0.795. The third-order valence-electron chi connectivity index (χ3n) is 2.66. The van der Waals surface area contributed by atoms with Crippen molar-refractivity contribution in [1.82, 2.24) is 5.32 Å². The Hall–Kier alpha value is -1.10. The van der Waals surface area contributed by atoms with E-state index < -0.39 is 12.1 Å². The molecular formula is C12H14ClNO3. The first-order valence-corrected chi connectivity index (χ1v) is 5.85. The molecule has 1 aliphatic rings. The number of ether oxygens (including phenoxy) is 1. The van der Waals surface area contributed by atoms with Crippen molar-refractivity contribution in [2.75, 3.05) is 6.54 Å². The highest BCUT2D eigenvalue weighted by molar-refractivity contribution is 6.30. The number of β-amino-alcohol motifs (C(OH)–C–C–N with tert-alkyl or cyclic N) is 1. The minimum Gasteiger partial charge on any atom is -0.460 e. The van der Waals surface area contributed by atoms with Gasteiger partial charge in [-0.05, 0) is 17.7 Å². The van der Waals surface area contributed by atoms with Gasteiger partial charge in [0.2, 0.25) is 0 Å². The van der Waals surface area contributed by atoms with Crippen LogP contribution in [0, 0.1) is 0 Å². The summed E-state index contributed by atoms with van der Waals surface area (Å²) in [5, 5.41) is 12.8. The van der Waals surface area contributed by atoms with Crippen LogP contribution in [0.4, 0.5) is 0 Å². The fourth-order valence-corrected chi connectivity index (χ4v) is 1.99. The molecule has 1 aromatic carbocycles. The number of carbonyl (C=O) groups excluding carboxylic acids is 1. The molecule has 2 rings (SSSR count). The van der Waals surface area contributed by atoms with E-state index in [4.69, 9.17) is 16.3 Å². The van der Waals surface area contributed by atoms with Crippen molar-refractivity contribution in [3.8, 4) is 0 Å². The van der Waals surface area contributed by atoms with Crippen LogP contribution in [0.1, 0.15) is 12.0 Å². The van der Waals surface area contributed by atoms with Gasteiger partial charge in [-0.3, -0.25) is 4.79 Å². The van der Waals surface area contributed by atoms with E-state index in [1.165, 1.54) is 0 Å².